The zero-order valence-corrected chi connectivity index (χ0v) is 15.7. The molecule has 8 heteroatoms. The molecule has 0 aliphatic rings. The van der Waals surface area contributed by atoms with E-state index in [1.54, 1.807) is 51.9 Å². The number of amides is 1. The van der Waals surface area contributed by atoms with Gasteiger partial charge in [-0.3, -0.25) is 14.3 Å². The molecule has 1 N–H and O–H groups in total. The molecule has 28 heavy (non-hydrogen) atoms. The Bertz CT molecular complexity index is 1220. The van der Waals surface area contributed by atoms with Crippen LogP contribution < -0.4 is 5.32 Å². The van der Waals surface area contributed by atoms with Gasteiger partial charge in [-0.15, -0.1) is 0 Å². The predicted octanol–water partition coefficient (Wildman–Crippen LogP) is 2.89. The van der Waals surface area contributed by atoms with Crippen LogP contribution in [0.5, 0.6) is 0 Å². The third kappa shape index (κ3) is 3.05. The average Bonchev–Trinajstić information content (AvgIpc) is 3.26. The minimum Gasteiger partial charge on any atom is -0.321 e. The summed E-state index contributed by atoms with van der Waals surface area (Å²) < 4.78 is 3.41. The van der Waals surface area contributed by atoms with Gasteiger partial charge < -0.3 is 5.32 Å². The third-order valence-electron chi connectivity index (χ3n) is 4.63. The molecule has 8 nitrogen and oxygen atoms in total. The number of benzene rings is 1. The largest absolute Gasteiger partial charge is 0.321 e. The van der Waals surface area contributed by atoms with Crippen LogP contribution in [0.3, 0.4) is 0 Å². The number of rotatable bonds is 4. The highest BCUT2D eigenvalue weighted by atomic mass is 16.2. The Kier molecular flexibility index (Phi) is 4.23. The van der Waals surface area contributed by atoms with Crippen molar-refractivity contribution < 1.29 is 9.59 Å². The Balaban J connectivity index is 1.69. The highest BCUT2D eigenvalue weighted by Crippen LogP contribution is 2.23. The number of carbonyl (C=O) groups excluding carboxylic acids is 2. The standard InChI is InChI=1S/C20H18N6O2/c1-12-16(11-22-25(12)3)18-7-8-21-19-10-17(24-26(18)19)20(28)23-15-6-4-5-14(9-15)13(2)27/h4-11H,1-3H3,(H,23,28). The van der Waals surface area contributed by atoms with Crippen LogP contribution in [0.2, 0.25) is 0 Å². The highest BCUT2D eigenvalue weighted by Gasteiger charge is 2.16. The van der Waals surface area contributed by atoms with Crippen LogP contribution in [0, 0.1) is 6.92 Å². The SMILES string of the molecule is CC(=O)c1cccc(NC(=O)c2cc3nccc(-c4cnn(C)c4C)n3n2)c1. The van der Waals surface area contributed by atoms with E-state index in [4.69, 9.17) is 0 Å². The van der Waals surface area contributed by atoms with Gasteiger partial charge in [-0.25, -0.2) is 9.50 Å². The first-order chi connectivity index (χ1) is 13.4. The van der Waals surface area contributed by atoms with Crippen LogP contribution in [-0.4, -0.2) is 36.1 Å². The Morgan fingerprint density at radius 1 is 1.14 bits per heavy atom. The fourth-order valence-electron chi connectivity index (χ4n) is 2.97. The summed E-state index contributed by atoms with van der Waals surface area (Å²) in [6.07, 6.45) is 3.44. The third-order valence-corrected chi connectivity index (χ3v) is 4.63. The minimum absolute atomic E-state index is 0.0653. The molecule has 0 radical (unpaired) electrons. The lowest BCUT2D eigenvalue weighted by Crippen LogP contribution is -2.13. The summed E-state index contributed by atoms with van der Waals surface area (Å²) >= 11 is 0. The highest BCUT2D eigenvalue weighted by molar-refractivity contribution is 6.04. The number of nitrogens with zero attached hydrogens (tertiary/aromatic N) is 5. The molecule has 0 aliphatic carbocycles. The van der Waals surface area contributed by atoms with Crippen molar-refractivity contribution in [3.05, 3.63) is 65.7 Å². The smallest absolute Gasteiger partial charge is 0.276 e. The van der Waals surface area contributed by atoms with E-state index < -0.39 is 0 Å². The topological polar surface area (TPSA) is 94.2 Å². The van der Waals surface area contributed by atoms with Gasteiger partial charge in [-0.2, -0.15) is 10.2 Å². The lowest BCUT2D eigenvalue weighted by atomic mass is 10.1. The molecule has 3 heterocycles. The molecular weight excluding hydrogens is 356 g/mol. The number of fused-ring (bicyclic) bond motifs is 1. The van der Waals surface area contributed by atoms with Gasteiger partial charge in [0.05, 0.1) is 11.9 Å². The van der Waals surface area contributed by atoms with Crippen LogP contribution in [0.1, 0.15) is 33.5 Å². The molecule has 0 fully saturated rings. The number of hydrogen-bond donors (Lipinski definition) is 1. The molecule has 140 valence electrons. The molecule has 0 saturated heterocycles. The monoisotopic (exact) mass is 374 g/mol. The van der Waals surface area contributed by atoms with Crippen LogP contribution in [0.4, 0.5) is 5.69 Å². The molecule has 0 aliphatic heterocycles. The molecule has 0 atom stereocenters. The number of nitrogens with one attached hydrogen (secondary N) is 1. The first kappa shape index (κ1) is 17.6. The fourth-order valence-corrected chi connectivity index (χ4v) is 2.97. The lowest BCUT2D eigenvalue weighted by molar-refractivity contribution is 0.100. The minimum atomic E-state index is -0.375. The van der Waals surface area contributed by atoms with E-state index in [0.29, 0.717) is 16.9 Å². The maximum Gasteiger partial charge on any atom is 0.276 e. The van der Waals surface area contributed by atoms with Gasteiger partial charge in [0.2, 0.25) is 0 Å². The number of Topliss-reactive ketones (excluding diaryl/α,β-unsaturated/α-hetero) is 1. The summed E-state index contributed by atoms with van der Waals surface area (Å²) in [5, 5.41) is 11.5. The van der Waals surface area contributed by atoms with Crippen molar-refractivity contribution in [1.82, 2.24) is 24.4 Å². The van der Waals surface area contributed by atoms with Crippen molar-refractivity contribution in [1.29, 1.82) is 0 Å². The number of anilines is 1. The van der Waals surface area contributed by atoms with Crippen molar-refractivity contribution >= 4 is 23.0 Å². The molecule has 0 bridgehead atoms. The van der Waals surface area contributed by atoms with Gasteiger partial charge in [0.25, 0.3) is 5.91 Å². The molecule has 3 aromatic heterocycles. The molecule has 0 unspecified atom stereocenters. The van der Waals surface area contributed by atoms with Crippen molar-refractivity contribution in [2.75, 3.05) is 5.32 Å². The van der Waals surface area contributed by atoms with E-state index in [2.05, 4.69) is 20.5 Å². The zero-order valence-electron chi connectivity index (χ0n) is 15.7. The number of carbonyl (C=O) groups is 2. The number of hydrogen-bond acceptors (Lipinski definition) is 5. The molecular formula is C20H18N6O2. The second-order valence-electron chi connectivity index (χ2n) is 6.49. The molecule has 1 amide bonds. The fraction of sp³-hybridized carbons (Fsp3) is 0.150. The Morgan fingerprint density at radius 2 is 1.96 bits per heavy atom. The van der Waals surface area contributed by atoms with Gasteiger partial charge in [0, 0.05) is 41.8 Å². The van der Waals surface area contributed by atoms with E-state index >= 15 is 0 Å². The van der Waals surface area contributed by atoms with E-state index in [0.717, 1.165) is 17.0 Å². The summed E-state index contributed by atoms with van der Waals surface area (Å²) in [5.41, 5.74) is 4.55. The molecule has 0 spiro atoms. The second-order valence-corrected chi connectivity index (χ2v) is 6.49. The van der Waals surface area contributed by atoms with E-state index in [9.17, 15) is 9.59 Å². The average molecular weight is 374 g/mol. The summed E-state index contributed by atoms with van der Waals surface area (Å²) in [7, 11) is 1.87. The maximum absolute atomic E-state index is 12.7. The Labute approximate surface area is 160 Å². The predicted molar refractivity (Wildman–Crippen MR) is 104 cm³/mol. The van der Waals surface area contributed by atoms with Gasteiger partial charge in [0.15, 0.2) is 17.1 Å². The van der Waals surface area contributed by atoms with Gasteiger partial charge in [0.1, 0.15) is 0 Å². The first-order valence-electron chi connectivity index (χ1n) is 8.70. The van der Waals surface area contributed by atoms with Crippen LogP contribution in [0.15, 0.2) is 48.8 Å². The van der Waals surface area contributed by atoms with Crippen LogP contribution in [-0.2, 0) is 7.05 Å². The Morgan fingerprint density at radius 3 is 2.68 bits per heavy atom. The number of aromatic nitrogens is 5. The normalized spacial score (nSPS) is 11.0. The lowest BCUT2D eigenvalue weighted by Gasteiger charge is -2.05. The van der Waals surface area contributed by atoms with E-state index in [1.807, 2.05) is 20.0 Å². The molecule has 0 saturated carbocycles. The first-order valence-corrected chi connectivity index (χ1v) is 8.70. The zero-order chi connectivity index (χ0) is 19.8. The molecule has 1 aromatic carbocycles. The summed E-state index contributed by atoms with van der Waals surface area (Å²) in [6.45, 7) is 3.45. The summed E-state index contributed by atoms with van der Waals surface area (Å²) in [4.78, 5) is 28.5. The van der Waals surface area contributed by atoms with Gasteiger partial charge >= 0.3 is 0 Å². The van der Waals surface area contributed by atoms with E-state index in [-0.39, 0.29) is 17.4 Å². The van der Waals surface area contributed by atoms with Gasteiger partial charge in [-0.1, -0.05) is 12.1 Å². The van der Waals surface area contributed by atoms with Crippen molar-refractivity contribution in [3.63, 3.8) is 0 Å². The second kappa shape index (κ2) is 6.73. The summed E-state index contributed by atoms with van der Waals surface area (Å²) in [6, 6.07) is 10.2. The van der Waals surface area contributed by atoms with Crippen molar-refractivity contribution in [3.8, 4) is 11.3 Å². The number of aryl methyl sites for hydroxylation is 1. The molecule has 4 aromatic rings. The van der Waals surface area contributed by atoms with Crippen molar-refractivity contribution in [2.24, 2.45) is 7.05 Å². The maximum atomic E-state index is 12.7. The summed E-state index contributed by atoms with van der Waals surface area (Å²) in [5.74, 6) is -0.440. The van der Waals surface area contributed by atoms with Gasteiger partial charge in [-0.05, 0) is 32.0 Å². The van der Waals surface area contributed by atoms with Crippen LogP contribution in [0.25, 0.3) is 16.9 Å². The Hall–Kier alpha value is -3.81. The molecule has 4 rings (SSSR count). The van der Waals surface area contributed by atoms with Crippen molar-refractivity contribution in [2.45, 2.75) is 13.8 Å². The quantitative estimate of drug-likeness (QED) is 0.554. The number of ketones is 1. The van der Waals surface area contributed by atoms with E-state index in [1.165, 1.54) is 6.92 Å². The van der Waals surface area contributed by atoms with Crippen LogP contribution >= 0.6 is 0 Å².